The Labute approximate surface area is 148 Å². The van der Waals surface area contributed by atoms with Crippen LogP contribution in [0.4, 0.5) is 0 Å². The number of amides is 1. The zero-order chi connectivity index (χ0) is 14.5. The highest BCUT2D eigenvalue weighted by Crippen LogP contribution is 2.25. The van der Waals surface area contributed by atoms with Gasteiger partial charge in [0.05, 0.1) is 0 Å². The monoisotopic (exact) mass is 353 g/mol. The summed E-state index contributed by atoms with van der Waals surface area (Å²) in [6, 6.07) is 0.654. The Balaban J connectivity index is 0.00000220. The second-order valence-corrected chi connectivity index (χ2v) is 6.84. The third-order valence-corrected chi connectivity index (χ3v) is 5.23. The van der Waals surface area contributed by atoms with Gasteiger partial charge in [-0.3, -0.25) is 4.79 Å². The van der Waals surface area contributed by atoms with Crippen LogP contribution in [0, 0.1) is 11.8 Å². The largest absolute Gasteiger partial charge is 0.343 e. The number of piperidine rings is 2. The Morgan fingerprint density at radius 3 is 2.18 bits per heavy atom. The predicted molar refractivity (Wildman–Crippen MR) is 97.2 cm³/mol. The van der Waals surface area contributed by atoms with Crippen LogP contribution in [-0.4, -0.2) is 62.0 Å². The average molecular weight is 354 g/mol. The van der Waals surface area contributed by atoms with Gasteiger partial charge in [-0.1, -0.05) is 6.92 Å². The molecule has 2 saturated heterocycles. The molecule has 2 heterocycles. The molecule has 22 heavy (non-hydrogen) atoms. The number of carbonyl (C=O) groups excluding carboxylic acids is 1. The number of nitrogens with zero attached hydrogens (tertiary/aromatic N) is 2. The summed E-state index contributed by atoms with van der Waals surface area (Å²) in [5.74, 6) is 1.66. The Hall–Kier alpha value is -0.0300. The topological polar surface area (TPSA) is 35.6 Å². The first-order valence-electron chi connectivity index (χ1n) is 8.23. The molecule has 1 N–H and O–H groups in total. The molecule has 2 rings (SSSR count). The van der Waals surface area contributed by atoms with Gasteiger partial charge in [-0.15, -0.1) is 24.8 Å². The van der Waals surface area contributed by atoms with E-state index in [9.17, 15) is 4.79 Å². The fourth-order valence-electron chi connectivity index (χ4n) is 3.62. The Bertz CT molecular complexity index is 315. The summed E-state index contributed by atoms with van der Waals surface area (Å²) in [6.07, 6.45) is 5.46. The first-order chi connectivity index (χ1) is 9.58. The Morgan fingerprint density at radius 2 is 1.68 bits per heavy atom. The summed E-state index contributed by atoms with van der Waals surface area (Å²) in [4.78, 5) is 16.8. The summed E-state index contributed by atoms with van der Waals surface area (Å²) in [7, 11) is 4.28. The van der Waals surface area contributed by atoms with E-state index in [1.54, 1.807) is 0 Å². The minimum absolute atomic E-state index is 0. The third kappa shape index (κ3) is 6.23. The highest BCUT2D eigenvalue weighted by molar-refractivity contribution is 5.85. The first-order valence-corrected chi connectivity index (χ1v) is 8.23. The fraction of sp³-hybridized carbons (Fsp3) is 0.938. The van der Waals surface area contributed by atoms with E-state index in [4.69, 9.17) is 0 Å². The number of nitrogens with one attached hydrogen (secondary N) is 1. The first kappa shape index (κ1) is 22.0. The summed E-state index contributed by atoms with van der Waals surface area (Å²) in [6.45, 7) is 6.40. The lowest BCUT2D eigenvalue weighted by molar-refractivity contribution is -0.134. The van der Waals surface area contributed by atoms with E-state index in [2.05, 4.69) is 36.1 Å². The van der Waals surface area contributed by atoms with Crippen LogP contribution in [0.2, 0.25) is 0 Å². The molecular formula is C16H33Cl2N3O. The van der Waals surface area contributed by atoms with Crippen molar-refractivity contribution < 1.29 is 4.79 Å². The van der Waals surface area contributed by atoms with Crippen LogP contribution >= 0.6 is 24.8 Å². The van der Waals surface area contributed by atoms with Crippen molar-refractivity contribution in [2.45, 2.75) is 45.1 Å². The van der Waals surface area contributed by atoms with E-state index in [-0.39, 0.29) is 24.8 Å². The Morgan fingerprint density at radius 1 is 1.14 bits per heavy atom. The molecule has 1 unspecified atom stereocenters. The van der Waals surface area contributed by atoms with Crippen LogP contribution in [0.5, 0.6) is 0 Å². The van der Waals surface area contributed by atoms with Crippen LogP contribution < -0.4 is 5.32 Å². The van der Waals surface area contributed by atoms with Gasteiger partial charge in [0.1, 0.15) is 0 Å². The van der Waals surface area contributed by atoms with E-state index in [0.717, 1.165) is 51.4 Å². The van der Waals surface area contributed by atoms with Crippen LogP contribution in [0.15, 0.2) is 0 Å². The fourth-order valence-corrected chi connectivity index (χ4v) is 3.62. The van der Waals surface area contributed by atoms with Crippen molar-refractivity contribution in [1.29, 1.82) is 0 Å². The smallest absolute Gasteiger partial charge is 0.222 e. The van der Waals surface area contributed by atoms with Crippen molar-refractivity contribution in [2.24, 2.45) is 11.8 Å². The molecule has 132 valence electrons. The third-order valence-electron chi connectivity index (χ3n) is 5.23. The number of carbonyl (C=O) groups is 1. The second-order valence-electron chi connectivity index (χ2n) is 6.84. The molecule has 2 fully saturated rings. The van der Waals surface area contributed by atoms with Crippen LogP contribution in [-0.2, 0) is 4.79 Å². The summed E-state index contributed by atoms with van der Waals surface area (Å²) in [5.41, 5.74) is 0. The maximum absolute atomic E-state index is 12.4. The highest BCUT2D eigenvalue weighted by Gasteiger charge is 2.27. The van der Waals surface area contributed by atoms with Gasteiger partial charge in [0.2, 0.25) is 5.91 Å². The van der Waals surface area contributed by atoms with E-state index < -0.39 is 0 Å². The summed E-state index contributed by atoms with van der Waals surface area (Å²) < 4.78 is 0. The highest BCUT2D eigenvalue weighted by atomic mass is 35.5. The maximum Gasteiger partial charge on any atom is 0.222 e. The molecule has 6 heteroatoms. The molecule has 0 aromatic heterocycles. The van der Waals surface area contributed by atoms with Crippen molar-refractivity contribution in [3.05, 3.63) is 0 Å². The number of hydrogen-bond donors (Lipinski definition) is 1. The molecule has 0 aromatic rings. The molecule has 0 radical (unpaired) electrons. The lowest BCUT2D eigenvalue weighted by Gasteiger charge is -2.36. The van der Waals surface area contributed by atoms with Gasteiger partial charge in [0, 0.05) is 25.6 Å². The Kier molecular flexibility index (Phi) is 10.7. The van der Waals surface area contributed by atoms with Gasteiger partial charge >= 0.3 is 0 Å². The van der Waals surface area contributed by atoms with Crippen LogP contribution in [0.1, 0.15) is 39.0 Å². The van der Waals surface area contributed by atoms with Crippen molar-refractivity contribution in [2.75, 3.05) is 40.3 Å². The molecule has 2 aliphatic rings. The lowest BCUT2D eigenvalue weighted by atomic mass is 9.84. The zero-order valence-electron chi connectivity index (χ0n) is 14.2. The van der Waals surface area contributed by atoms with Crippen molar-refractivity contribution in [3.8, 4) is 0 Å². The van der Waals surface area contributed by atoms with Crippen molar-refractivity contribution >= 4 is 30.7 Å². The van der Waals surface area contributed by atoms with E-state index >= 15 is 0 Å². The average Bonchev–Trinajstić information content (AvgIpc) is 2.48. The molecular weight excluding hydrogens is 321 g/mol. The molecule has 1 amide bonds. The van der Waals surface area contributed by atoms with Crippen LogP contribution in [0.25, 0.3) is 0 Å². The standard InChI is InChI=1S/C16H31N3O.2ClH/c1-13(14-4-8-17-9-5-14)12-16(20)19-10-6-15(7-11-19)18(2)3;;/h13-15,17H,4-12H2,1-3H3;2*1H. The summed E-state index contributed by atoms with van der Waals surface area (Å²) in [5, 5.41) is 3.40. The minimum atomic E-state index is 0. The molecule has 1 atom stereocenters. The molecule has 0 aliphatic carbocycles. The molecule has 4 nitrogen and oxygen atoms in total. The molecule has 0 bridgehead atoms. The predicted octanol–water partition coefficient (Wildman–Crippen LogP) is 2.41. The van der Waals surface area contributed by atoms with Gasteiger partial charge < -0.3 is 15.1 Å². The van der Waals surface area contributed by atoms with E-state index in [1.165, 1.54) is 12.8 Å². The second kappa shape index (κ2) is 10.7. The van der Waals surface area contributed by atoms with Crippen molar-refractivity contribution in [1.82, 2.24) is 15.1 Å². The maximum atomic E-state index is 12.4. The van der Waals surface area contributed by atoms with Gasteiger partial charge in [-0.25, -0.2) is 0 Å². The van der Waals surface area contributed by atoms with E-state index in [1.807, 2.05) is 0 Å². The summed E-state index contributed by atoms with van der Waals surface area (Å²) >= 11 is 0. The van der Waals surface area contributed by atoms with Crippen molar-refractivity contribution in [3.63, 3.8) is 0 Å². The van der Waals surface area contributed by atoms with Crippen LogP contribution in [0.3, 0.4) is 0 Å². The minimum Gasteiger partial charge on any atom is -0.343 e. The number of rotatable bonds is 4. The van der Waals surface area contributed by atoms with Gasteiger partial charge in [-0.2, -0.15) is 0 Å². The SMILES string of the molecule is CC(CC(=O)N1CCC(N(C)C)CC1)C1CCNCC1.Cl.Cl. The molecule has 0 saturated carbocycles. The number of halogens is 2. The molecule has 0 aromatic carbocycles. The van der Waals surface area contributed by atoms with Gasteiger partial charge in [0.15, 0.2) is 0 Å². The molecule has 0 spiro atoms. The lowest BCUT2D eigenvalue weighted by Crippen LogP contribution is -2.45. The van der Waals surface area contributed by atoms with E-state index in [0.29, 0.717) is 17.9 Å². The molecule has 2 aliphatic heterocycles. The van der Waals surface area contributed by atoms with Gasteiger partial charge in [0.25, 0.3) is 0 Å². The number of hydrogen-bond acceptors (Lipinski definition) is 3. The van der Waals surface area contributed by atoms with Gasteiger partial charge in [-0.05, 0) is 64.7 Å². The quantitative estimate of drug-likeness (QED) is 0.842. The number of likely N-dealkylation sites (tertiary alicyclic amines) is 1. The zero-order valence-corrected chi connectivity index (χ0v) is 15.8. The normalized spacial score (nSPS) is 21.9.